The number of aliphatic imine (C=N–C) groups is 2. The van der Waals surface area contributed by atoms with Gasteiger partial charge in [0, 0.05) is 30.7 Å². The SMILES string of the molecule is CN=Cc1cc(N=C(NC=O)NC(=O)N(Cc2cc(F)c(F)c(F)c2)c2cncc(C)c2)c(F)cc1N. The molecular formula is C24H21F4N7O2. The second-order valence-corrected chi connectivity index (χ2v) is 7.65. The number of nitrogens with zero attached hydrogens (tertiary/aromatic N) is 4. The molecule has 0 fully saturated rings. The molecule has 0 atom stereocenters. The molecular weight excluding hydrogens is 494 g/mol. The van der Waals surface area contributed by atoms with Gasteiger partial charge in [-0.15, -0.1) is 0 Å². The van der Waals surface area contributed by atoms with Crippen LogP contribution in [-0.2, 0) is 11.3 Å². The van der Waals surface area contributed by atoms with Gasteiger partial charge >= 0.3 is 6.03 Å². The first-order chi connectivity index (χ1) is 17.6. The monoisotopic (exact) mass is 515 g/mol. The average molecular weight is 515 g/mol. The third-order valence-corrected chi connectivity index (χ3v) is 4.88. The molecule has 3 aromatic rings. The average Bonchev–Trinajstić information content (AvgIpc) is 2.84. The van der Waals surface area contributed by atoms with E-state index in [1.54, 1.807) is 13.0 Å². The number of aromatic nitrogens is 1. The Morgan fingerprint density at radius 1 is 1.08 bits per heavy atom. The fourth-order valence-electron chi connectivity index (χ4n) is 3.22. The number of pyridine rings is 1. The van der Waals surface area contributed by atoms with Gasteiger partial charge in [0.2, 0.25) is 12.4 Å². The number of hydrogen-bond donors (Lipinski definition) is 3. The molecule has 13 heteroatoms. The highest BCUT2D eigenvalue weighted by molar-refractivity contribution is 6.06. The molecule has 3 amide bonds. The van der Waals surface area contributed by atoms with Gasteiger partial charge in [0.15, 0.2) is 23.3 Å². The molecule has 0 radical (unpaired) electrons. The second-order valence-electron chi connectivity index (χ2n) is 7.65. The van der Waals surface area contributed by atoms with Crippen LogP contribution in [0.15, 0.2) is 52.7 Å². The summed E-state index contributed by atoms with van der Waals surface area (Å²) in [6, 6.07) is 4.35. The van der Waals surface area contributed by atoms with E-state index in [4.69, 9.17) is 5.73 Å². The highest BCUT2D eigenvalue weighted by Crippen LogP contribution is 2.24. The van der Waals surface area contributed by atoms with Gasteiger partial charge in [-0.2, -0.15) is 0 Å². The van der Waals surface area contributed by atoms with E-state index in [0.717, 1.165) is 23.1 Å². The number of rotatable bonds is 6. The van der Waals surface area contributed by atoms with E-state index in [1.807, 2.05) is 0 Å². The van der Waals surface area contributed by atoms with E-state index in [9.17, 15) is 27.2 Å². The summed E-state index contributed by atoms with van der Waals surface area (Å²) < 4.78 is 55.5. The Bertz CT molecular complexity index is 1370. The summed E-state index contributed by atoms with van der Waals surface area (Å²) in [5, 5.41) is 4.47. The third-order valence-electron chi connectivity index (χ3n) is 4.88. The van der Waals surface area contributed by atoms with Crippen molar-refractivity contribution in [1.82, 2.24) is 15.6 Å². The molecule has 0 unspecified atom stereocenters. The molecule has 3 rings (SSSR count). The Morgan fingerprint density at radius 3 is 2.41 bits per heavy atom. The Morgan fingerprint density at radius 2 is 1.78 bits per heavy atom. The van der Waals surface area contributed by atoms with Crippen molar-refractivity contribution in [3.8, 4) is 0 Å². The predicted octanol–water partition coefficient (Wildman–Crippen LogP) is 3.73. The van der Waals surface area contributed by atoms with E-state index in [0.29, 0.717) is 11.1 Å². The number of hydrogen-bond acceptors (Lipinski definition) is 6. The van der Waals surface area contributed by atoms with Crippen LogP contribution in [0.5, 0.6) is 0 Å². The largest absolute Gasteiger partial charge is 0.398 e. The lowest BCUT2D eigenvalue weighted by molar-refractivity contribution is -0.108. The zero-order valence-corrected chi connectivity index (χ0v) is 19.6. The minimum atomic E-state index is -1.65. The summed E-state index contributed by atoms with van der Waals surface area (Å²) in [6.07, 6.45) is 4.39. The van der Waals surface area contributed by atoms with Crippen molar-refractivity contribution in [2.45, 2.75) is 13.5 Å². The lowest BCUT2D eigenvalue weighted by Crippen LogP contribution is -2.47. The molecule has 0 spiro atoms. The minimum Gasteiger partial charge on any atom is -0.398 e. The summed E-state index contributed by atoms with van der Waals surface area (Å²) in [5.74, 6) is -5.84. The van der Waals surface area contributed by atoms with Crippen molar-refractivity contribution in [3.05, 3.63) is 82.7 Å². The molecule has 9 nitrogen and oxygen atoms in total. The minimum absolute atomic E-state index is 0.0806. The first-order valence-corrected chi connectivity index (χ1v) is 10.6. The van der Waals surface area contributed by atoms with Gasteiger partial charge in [-0.25, -0.2) is 27.3 Å². The van der Waals surface area contributed by atoms with Crippen LogP contribution in [0.2, 0.25) is 0 Å². The lowest BCUT2D eigenvalue weighted by atomic mass is 10.1. The van der Waals surface area contributed by atoms with Gasteiger partial charge in [0.1, 0.15) is 5.69 Å². The van der Waals surface area contributed by atoms with Crippen molar-refractivity contribution >= 4 is 41.7 Å². The molecule has 4 N–H and O–H groups in total. The van der Waals surface area contributed by atoms with Crippen LogP contribution in [0.1, 0.15) is 16.7 Å². The number of carbonyl (C=O) groups excluding carboxylic acids is 2. The molecule has 0 aliphatic rings. The Labute approximate surface area is 208 Å². The number of nitrogens with one attached hydrogen (secondary N) is 2. The summed E-state index contributed by atoms with van der Waals surface area (Å²) in [5.41, 5.74) is 6.68. The van der Waals surface area contributed by atoms with E-state index in [-0.39, 0.29) is 29.0 Å². The van der Waals surface area contributed by atoms with Crippen LogP contribution in [-0.4, -0.2) is 36.6 Å². The van der Waals surface area contributed by atoms with Gasteiger partial charge in [0.25, 0.3) is 0 Å². The number of anilines is 2. The highest BCUT2D eigenvalue weighted by Gasteiger charge is 2.21. The fraction of sp³-hybridized carbons (Fsp3) is 0.125. The predicted molar refractivity (Wildman–Crippen MR) is 131 cm³/mol. The molecule has 0 bridgehead atoms. The number of amides is 3. The summed E-state index contributed by atoms with van der Waals surface area (Å²) in [7, 11) is 1.49. The van der Waals surface area contributed by atoms with E-state index < -0.39 is 41.8 Å². The number of aryl methyl sites for hydroxylation is 1. The maximum Gasteiger partial charge on any atom is 0.329 e. The number of carbonyl (C=O) groups is 2. The summed E-state index contributed by atoms with van der Waals surface area (Å²) >= 11 is 0. The number of urea groups is 1. The van der Waals surface area contributed by atoms with Gasteiger partial charge in [-0.1, -0.05) is 0 Å². The van der Waals surface area contributed by atoms with Gasteiger partial charge in [-0.3, -0.25) is 30.3 Å². The molecule has 0 aliphatic carbocycles. The maximum absolute atomic E-state index is 14.5. The smallest absolute Gasteiger partial charge is 0.329 e. The van der Waals surface area contributed by atoms with Crippen molar-refractivity contribution in [2.24, 2.45) is 9.98 Å². The van der Waals surface area contributed by atoms with Crippen LogP contribution in [0.25, 0.3) is 0 Å². The second kappa shape index (κ2) is 11.7. The molecule has 0 saturated heterocycles. The molecule has 1 heterocycles. The molecule has 0 aliphatic heterocycles. The first kappa shape index (κ1) is 26.8. The lowest BCUT2D eigenvalue weighted by Gasteiger charge is -2.24. The van der Waals surface area contributed by atoms with Crippen LogP contribution < -0.4 is 21.3 Å². The van der Waals surface area contributed by atoms with Crippen LogP contribution >= 0.6 is 0 Å². The molecule has 2 aromatic carbocycles. The van der Waals surface area contributed by atoms with Crippen LogP contribution in [0.4, 0.5) is 39.4 Å². The molecule has 1 aromatic heterocycles. The summed E-state index contributed by atoms with van der Waals surface area (Å²) in [6.45, 7) is 1.28. The van der Waals surface area contributed by atoms with Crippen LogP contribution in [0, 0.1) is 30.2 Å². The normalized spacial score (nSPS) is 11.5. The fourth-order valence-corrected chi connectivity index (χ4v) is 3.22. The van der Waals surface area contributed by atoms with E-state index >= 15 is 0 Å². The number of halogens is 4. The zero-order valence-electron chi connectivity index (χ0n) is 19.6. The van der Waals surface area contributed by atoms with Crippen molar-refractivity contribution in [1.29, 1.82) is 0 Å². The van der Waals surface area contributed by atoms with Crippen LogP contribution in [0.3, 0.4) is 0 Å². The molecule has 37 heavy (non-hydrogen) atoms. The molecule has 192 valence electrons. The molecule has 0 saturated carbocycles. The maximum atomic E-state index is 14.5. The number of nitrogens with two attached hydrogens (primary N) is 1. The summed E-state index contributed by atoms with van der Waals surface area (Å²) in [4.78, 5) is 37.2. The quantitative estimate of drug-likeness (QED) is 0.116. The standard InChI is InChI=1S/C24H21F4N7O2/c1-13-3-16(10-31-8-13)35(11-14-4-18(26)22(28)19(27)5-14)24(37)34-23(32-12-36)33-21-6-15(9-30-2)20(29)7-17(21)25/h3-10,12H,11,29H2,1-2H3,(H2,32,33,34,36,37). The zero-order chi connectivity index (χ0) is 27.1. The number of nitrogen functional groups attached to an aromatic ring is 1. The Balaban J connectivity index is 2.00. The third kappa shape index (κ3) is 6.66. The Hall–Kier alpha value is -4.81. The number of benzene rings is 2. The van der Waals surface area contributed by atoms with Gasteiger partial charge < -0.3 is 5.73 Å². The Kier molecular flexibility index (Phi) is 8.51. The van der Waals surface area contributed by atoms with E-state index in [1.165, 1.54) is 31.7 Å². The highest BCUT2D eigenvalue weighted by atomic mass is 19.2. The van der Waals surface area contributed by atoms with Crippen molar-refractivity contribution in [3.63, 3.8) is 0 Å². The van der Waals surface area contributed by atoms with Gasteiger partial charge in [0.05, 0.1) is 18.4 Å². The van der Waals surface area contributed by atoms with Crippen molar-refractivity contribution < 1.29 is 27.2 Å². The van der Waals surface area contributed by atoms with Crippen molar-refractivity contribution in [2.75, 3.05) is 17.7 Å². The van der Waals surface area contributed by atoms with Gasteiger partial charge in [-0.05, 0) is 48.4 Å². The number of guanidine groups is 1. The van der Waals surface area contributed by atoms with E-state index in [2.05, 4.69) is 25.6 Å². The first-order valence-electron chi connectivity index (χ1n) is 10.6. The topological polar surface area (TPSA) is 125 Å².